The molecule has 208 valence electrons. The molecule has 10 heteroatoms. The number of nitrogens with zero attached hydrogens (tertiary/aromatic N) is 1. The molecule has 3 amide bonds. The number of benzene rings is 2. The zero-order valence-corrected chi connectivity index (χ0v) is 21.8. The van der Waals surface area contributed by atoms with E-state index in [9.17, 15) is 29.4 Å². The smallest absolute Gasteiger partial charge is 0.326 e. The minimum absolute atomic E-state index is 0.0466. The van der Waals surface area contributed by atoms with Gasteiger partial charge in [-0.25, -0.2) is 4.79 Å². The van der Waals surface area contributed by atoms with Gasteiger partial charge in [-0.15, -0.1) is 0 Å². The third-order valence-corrected chi connectivity index (χ3v) is 7.31. The van der Waals surface area contributed by atoms with Gasteiger partial charge in [-0.3, -0.25) is 14.4 Å². The average molecular weight is 537 g/mol. The van der Waals surface area contributed by atoms with Gasteiger partial charge in [-0.05, 0) is 61.9 Å². The van der Waals surface area contributed by atoms with Gasteiger partial charge in [0.05, 0.1) is 6.04 Å². The monoisotopic (exact) mass is 536 g/mol. The van der Waals surface area contributed by atoms with Crippen molar-refractivity contribution in [1.29, 1.82) is 0 Å². The highest BCUT2D eigenvalue weighted by molar-refractivity contribution is 5.91. The minimum Gasteiger partial charge on any atom is -0.508 e. The van der Waals surface area contributed by atoms with E-state index in [4.69, 9.17) is 0 Å². The Morgan fingerprint density at radius 2 is 1.64 bits per heavy atom. The predicted octanol–water partition coefficient (Wildman–Crippen LogP) is 1.36. The third-order valence-electron chi connectivity index (χ3n) is 7.31. The van der Waals surface area contributed by atoms with Crippen molar-refractivity contribution < 1.29 is 29.4 Å². The number of nitrogens with one attached hydrogen (secondary N) is 3. The zero-order chi connectivity index (χ0) is 27.8. The van der Waals surface area contributed by atoms with Crippen LogP contribution in [-0.2, 0) is 32.0 Å². The molecule has 2 heterocycles. The van der Waals surface area contributed by atoms with E-state index < -0.39 is 35.9 Å². The van der Waals surface area contributed by atoms with Gasteiger partial charge in [0.2, 0.25) is 17.7 Å². The molecule has 2 aliphatic heterocycles. The Labute approximate surface area is 227 Å². The van der Waals surface area contributed by atoms with Crippen molar-refractivity contribution >= 4 is 23.7 Å². The third kappa shape index (κ3) is 7.79. The largest absolute Gasteiger partial charge is 0.508 e. The summed E-state index contributed by atoms with van der Waals surface area (Å²) >= 11 is 0. The van der Waals surface area contributed by atoms with Crippen LogP contribution in [-0.4, -0.2) is 76.1 Å². The van der Waals surface area contributed by atoms with Gasteiger partial charge < -0.3 is 31.1 Å². The molecule has 0 aliphatic carbocycles. The number of aromatic hydroxyl groups is 1. The Morgan fingerprint density at radius 1 is 0.923 bits per heavy atom. The van der Waals surface area contributed by atoms with Gasteiger partial charge in [0.1, 0.15) is 17.8 Å². The summed E-state index contributed by atoms with van der Waals surface area (Å²) in [6.45, 7) is 1.08. The number of aliphatic carboxylic acids is 1. The van der Waals surface area contributed by atoms with E-state index in [1.807, 2.05) is 30.3 Å². The molecule has 39 heavy (non-hydrogen) atoms. The molecule has 2 fully saturated rings. The van der Waals surface area contributed by atoms with Crippen molar-refractivity contribution in [2.75, 3.05) is 13.1 Å². The van der Waals surface area contributed by atoms with E-state index in [-0.39, 0.29) is 30.5 Å². The Bertz CT molecular complexity index is 1150. The number of carbonyl (C=O) groups excluding carboxylic acids is 3. The van der Waals surface area contributed by atoms with E-state index in [0.29, 0.717) is 31.4 Å². The molecule has 2 saturated heterocycles. The van der Waals surface area contributed by atoms with Gasteiger partial charge in [0.25, 0.3) is 0 Å². The molecule has 0 unspecified atom stereocenters. The van der Waals surface area contributed by atoms with Crippen LogP contribution in [0.4, 0.5) is 0 Å². The number of amides is 3. The van der Waals surface area contributed by atoms with E-state index in [2.05, 4.69) is 16.0 Å². The number of hydrogen-bond acceptors (Lipinski definition) is 6. The molecule has 4 atom stereocenters. The van der Waals surface area contributed by atoms with Crippen molar-refractivity contribution in [2.24, 2.45) is 0 Å². The summed E-state index contributed by atoms with van der Waals surface area (Å²) in [4.78, 5) is 52.8. The van der Waals surface area contributed by atoms with Gasteiger partial charge >= 0.3 is 5.97 Å². The van der Waals surface area contributed by atoms with Crippen LogP contribution in [0.2, 0.25) is 0 Å². The SMILES string of the molecule is O=C(C[C@H](Cc1ccccc1)NC(=O)[C@@H]1CCCN1)N[C@@H](Cc1ccc(O)cc1)C(=O)N1CCC[C@H]1C(=O)O. The van der Waals surface area contributed by atoms with E-state index in [1.54, 1.807) is 12.1 Å². The fourth-order valence-corrected chi connectivity index (χ4v) is 5.32. The van der Waals surface area contributed by atoms with Crippen LogP contribution in [0.25, 0.3) is 0 Å². The summed E-state index contributed by atoms with van der Waals surface area (Å²) in [5.74, 6) is -2.02. The van der Waals surface area contributed by atoms with Crippen LogP contribution in [0.5, 0.6) is 5.75 Å². The van der Waals surface area contributed by atoms with Gasteiger partial charge in [0, 0.05) is 25.4 Å². The number of likely N-dealkylation sites (tertiary alicyclic amines) is 1. The topological polar surface area (TPSA) is 148 Å². The Hall–Kier alpha value is -3.92. The molecule has 0 radical (unpaired) electrons. The first-order chi connectivity index (χ1) is 18.8. The molecular formula is C29H36N4O6. The summed E-state index contributed by atoms with van der Waals surface area (Å²) in [5, 5.41) is 28.2. The van der Waals surface area contributed by atoms with Crippen molar-refractivity contribution in [3.63, 3.8) is 0 Å². The number of phenolic OH excluding ortho intramolecular Hbond substituents is 1. The maximum absolute atomic E-state index is 13.5. The number of hydrogen-bond donors (Lipinski definition) is 5. The fourth-order valence-electron chi connectivity index (χ4n) is 5.32. The summed E-state index contributed by atoms with van der Waals surface area (Å²) in [6.07, 6.45) is 3.11. The normalized spacial score (nSPS) is 20.3. The number of carboxylic acid groups (broad SMARTS) is 1. The molecule has 2 aliphatic rings. The van der Waals surface area contributed by atoms with Crippen LogP contribution in [0, 0.1) is 0 Å². The number of phenols is 1. The standard InChI is InChI=1S/C29H36N4O6/c34-22-12-10-20(11-13-22)17-24(28(37)33-15-5-9-25(33)29(38)39)32-26(35)18-21(16-19-6-2-1-3-7-19)31-27(36)23-8-4-14-30-23/h1-3,6-7,10-13,21,23-25,30,34H,4-5,8-9,14-18H2,(H,31,36)(H,32,35)(H,38,39)/t21-,23-,24-,25-/m0/s1. The lowest BCUT2D eigenvalue weighted by Gasteiger charge is -2.28. The van der Waals surface area contributed by atoms with Crippen LogP contribution in [0.15, 0.2) is 54.6 Å². The molecule has 2 aromatic rings. The number of rotatable bonds is 11. The van der Waals surface area contributed by atoms with Crippen molar-refractivity contribution in [3.8, 4) is 5.75 Å². The lowest BCUT2D eigenvalue weighted by atomic mass is 10.0. The second-order valence-electron chi connectivity index (χ2n) is 10.3. The number of carbonyl (C=O) groups is 4. The lowest BCUT2D eigenvalue weighted by molar-refractivity contribution is -0.149. The van der Waals surface area contributed by atoms with Crippen LogP contribution >= 0.6 is 0 Å². The molecule has 0 bridgehead atoms. The predicted molar refractivity (Wildman–Crippen MR) is 144 cm³/mol. The minimum atomic E-state index is -1.07. The van der Waals surface area contributed by atoms with Crippen molar-refractivity contribution in [2.45, 2.75) is 69.1 Å². The first-order valence-electron chi connectivity index (χ1n) is 13.5. The van der Waals surface area contributed by atoms with Crippen LogP contribution in [0.3, 0.4) is 0 Å². The number of carboxylic acids is 1. The summed E-state index contributed by atoms with van der Waals surface area (Å²) in [6, 6.07) is 13.2. The average Bonchev–Trinajstić information content (AvgIpc) is 3.63. The molecule has 10 nitrogen and oxygen atoms in total. The summed E-state index contributed by atoms with van der Waals surface area (Å²) in [7, 11) is 0. The molecule has 0 aromatic heterocycles. The van der Waals surface area contributed by atoms with Crippen molar-refractivity contribution in [1.82, 2.24) is 20.9 Å². The highest BCUT2D eigenvalue weighted by Gasteiger charge is 2.38. The lowest BCUT2D eigenvalue weighted by Crippen LogP contribution is -2.54. The van der Waals surface area contributed by atoms with Gasteiger partial charge in [-0.1, -0.05) is 42.5 Å². The first-order valence-corrected chi connectivity index (χ1v) is 13.5. The summed E-state index contributed by atoms with van der Waals surface area (Å²) in [5.41, 5.74) is 1.67. The molecule has 4 rings (SSSR count). The highest BCUT2D eigenvalue weighted by Crippen LogP contribution is 2.20. The maximum Gasteiger partial charge on any atom is 0.326 e. The molecule has 2 aromatic carbocycles. The highest BCUT2D eigenvalue weighted by atomic mass is 16.4. The van der Waals surface area contributed by atoms with E-state index >= 15 is 0 Å². The first kappa shape index (κ1) is 28.1. The van der Waals surface area contributed by atoms with E-state index in [1.165, 1.54) is 17.0 Å². The molecule has 5 N–H and O–H groups in total. The van der Waals surface area contributed by atoms with E-state index in [0.717, 1.165) is 24.9 Å². The quantitative estimate of drug-likeness (QED) is 0.291. The van der Waals surface area contributed by atoms with Crippen molar-refractivity contribution in [3.05, 3.63) is 65.7 Å². The van der Waals surface area contributed by atoms with Crippen LogP contribution in [0.1, 0.15) is 43.2 Å². The second-order valence-corrected chi connectivity index (χ2v) is 10.3. The molecule has 0 saturated carbocycles. The van der Waals surface area contributed by atoms with Crippen LogP contribution < -0.4 is 16.0 Å². The zero-order valence-electron chi connectivity index (χ0n) is 21.8. The Kier molecular flexibility index (Phi) is 9.54. The molecule has 0 spiro atoms. The summed E-state index contributed by atoms with van der Waals surface area (Å²) < 4.78 is 0. The fraction of sp³-hybridized carbons (Fsp3) is 0.448. The molecular weight excluding hydrogens is 500 g/mol. The second kappa shape index (κ2) is 13.2. The Balaban J connectivity index is 1.49. The Morgan fingerprint density at radius 3 is 2.31 bits per heavy atom. The maximum atomic E-state index is 13.5. The van der Waals surface area contributed by atoms with Gasteiger partial charge in [-0.2, -0.15) is 0 Å². The van der Waals surface area contributed by atoms with Gasteiger partial charge in [0.15, 0.2) is 0 Å².